The molecule has 25 heavy (non-hydrogen) atoms. The molecule has 0 bridgehead atoms. The summed E-state index contributed by atoms with van der Waals surface area (Å²) in [5.41, 5.74) is 2.72. The summed E-state index contributed by atoms with van der Waals surface area (Å²) in [5, 5.41) is 23.4. The number of aromatic nitrogens is 1. The fourth-order valence-corrected chi connectivity index (χ4v) is 3.16. The number of carbonyl (C=O) groups excluding carboxylic acids is 1. The molecule has 0 aliphatic carbocycles. The summed E-state index contributed by atoms with van der Waals surface area (Å²) in [7, 11) is 0. The van der Waals surface area contributed by atoms with Gasteiger partial charge in [0.2, 0.25) is 5.91 Å². The van der Waals surface area contributed by atoms with Crippen LogP contribution in [0.1, 0.15) is 22.4 Å². The molecule has 0 spiro atoms. The van der Waals surface area contributed by atoms with Gasteiger partial charge in [0.1, 0.15) is 16.8 Å². The maximum atomic E-state index is 12.1. The van der Waals surface area contributed by atoms with E-state index in [1.54, 1.807) is 19.1 Å². The van der Waals surface area contributed by atoms with Gasteiger partial charge < -0.3 is 5.32 Å². The Morgan fingerprint density at radius 3 is 2.72 bits per heavy atom. The third kappa shape index (κ3) is 4.55. The average molecular weight is 356 g/mol. The highest BCUT2D eigenvalue weighted by Crippen LogP contribution is 2.27. The Hall–Kier alpha value is -2.92. The normalized spacial score (nSPS) is 10.2. The van der Waals surface area contributed by atoms with Gasteiger partial charge in [0.15, 0.2) is 0 Å². The van der Waals surface area contributed by atoms with Crippen LogP contribution in [-0.4, -0.2) is 21.6 Å². The maximum Gasteiger partial charge on any atom is 0.293 e. The van der Waals surface area contributed by atoms with Crippen LogP contribution >= 0.6 is 11.8 Å². The van der Waals surface area contributed by atoms with Gasteiger partial charge in [0.25, 0.3) is 5.69 Å². The molecule has 1 amide bonds. The highest BCUT2D eigenvalue weighted by Gasteiger charge is 2.17. The van der Waals surface area contributed by atoms with Gasteiger partial charge in [-0.3, -0.25) is 14.9 Å². The number of hydrogen-bond donors (Lipinski definition) is 1. The minimum absolute atomic E-state index is 0.00436. The van der Waals surface area contributed by atoms with Crippen molar-refractivity contribution >= 4 is 29.0 Å². The van der Waals surface area contributed by atoms with E-state index in [0.717, 1.165) is 28.6 Å². The molecule has 0 saturated carbocycles. The summed E-state index contributed by atoms with van der Waals surface area (Å²) in [4.78, 5) is 27.0. The smallest absolute Gasteiger partial charge is 0.293 e. The van der Waals surface area contributed by atoms with Crippen LogP contribution in [0.4, 0.5) is 11.4 Å². The largest absolute Gasteiger partial charge is 0.320 e. The highest BCUT2D eigenvalue weighted by molar-refractivity contribution is 8.00. The van der Waals surface area contributed by atoms with E-state index in [-0.39, 0.29) is 17.1 Å². The second-order valence-corrected chi connectivity index (χ2v) is 6.45. The SMILES string of the molecule is Cc1ccc(NC(=O)CSc2nc(C)cc(C)c2C#N)c([N+](=O)[O-])c1. The maximum absolute atomic E-state index is 12.1. The van der Waals surface area contributed by atoms with Crippen molar-refractivity contribution in [2.75, 3.05) is 11.1 Å². The summed E-state index contributed by atoms with van der Waals surface area (Å²) in [6.45, 7) is 5.37. The molecule has 0 atom stereocenters. The van der Waals surface area contributed by atoms with Gasteiger partial charge in [-0.2, -0.15) is 5.26 Å². The predicted molar refractivity (Wildman–Crippen MR) is 95.6 cm³/mol. The van der Waals surface area contributed by atoms with Crippen molar-refractivity contribution in [2.45, 2.75) is 25.8 Å². The van der Waals surface area contributed by atoms with E-state index in [1.165, 1.54) is 12.1 Å². The molecule has 1 heterocycles. The topological polar surface area (TPSA) is 109 Å². The Kier molecular flexibility index (Phi) is 5.72. The molecule has 2 rings (SSSR count). The van der Waals surface area contributed by atoms with E-state index >= 15 is 0 Å². The average Bonchev–Trinajstić information content (AvgIpc) is 2.54. The Labute approximate surface area is 149 Å². The summed E-state index contributed by atoms with van der Waals surface area (Å²) in [5.74, 6) is -0.405. The van der Waals surface area contributed by atoms with Crippen LogP contribution in [0.2, 0.25) is 0 Å². The molecule has 0 unspecified atom stereocenters. The van der Waals surface area contributed by atoms with Gasteiger partial charge in [-0.1, -0.05) is 17.8 Å². The van der Waals surface area contributed by atoms with Gasteiger partial charge in [-0.25, -0.2) is 4.98 Å². The lowest BCUT2D eigenvalue weighted by atomic mass is 10.1. The molecule has 8 heteroatoms. The van der Waals surface area contributed by atoms with Crippen LogP contribution in [0.5, 0.6) is 0 Å². The molecule has 1 aromatic heterocycles. The van der Waals surface area contributed by atoms with Crippen LogP contribution in [0.3, 0.4) is 0 Å². The Morgan fingerprint density at radius 1 is 1.36 bits per heavy atom. The van der Waals surface area contributed by atoms with Gasteiger partial charge in [-0.15, -0.1) is 0 Å². The molecule has 1 N–H and O–H groups in total. The van der Waals surface area contributed by atoms with Crippen LogP contribution in [0.25, 0.3) is 0 Å². The zero-order valence-electron chi connectivity index (χ0n) is 14.0. The number of nitro groups is 1. The highest BCUT2D eigenvalue weighted by atomic mass is 32.2. The van der Waals surface area contributed by atoms with Crippen molar-refractivity contribution in [1.29, 1.82) is 5.26 Å². The van der Waals surface area contributed by atoms with Crippen LogP contribution in [0, 0.1) is 42.2 Å². The molecule has 7 nitrogen and oxygen atoms in total. The molecular formula is C17H16N4O3S. The second kappa shape index (κ2) is 7.77. The number of pyridine rings is 1. The van der Waals surface area contributed by atoms with E-state index in [0.29, 0.717) is 10.6 Å². The number of aryl methyl sites for hydroxylation is 3. The molecule has 0 aliphatic rings. The standard InChI is InChI=1S/C17H16N4O3S/c1-10-4-5-14(15(6-10)21(23)24)20-16(22)9-25-17-13(8-18)11(2)7-12(3)19-17/h4-7H,9H2,1-3H3,(H,20,22). The van der Waals surface area contributed by atoms with Crippen molar-refractivity contribution in [3.8, 4) is 6.07 Å². The molecule has 0 aliphatic heterocycles. The zero-order valence-corrected chi connectivity index (χ0v) is 14.8. The number of nitro benzene ring substituents is 1. The fraction of sp³-hybridized carbons (Fsp3) is 0.235. The molecule has 0 fully saturated rings. The van der Waals surface area contributed by atoms with E-state index in [9.17, 15) is 20.2 Å². The number of hydrogen-bond acceptors (Lipinski definition) is 6. The van der Waals surface area contributed by atoms with E-state index < -0.39 is 10.8 Å². The van der Waals surface area contributed by atoms with Gasteiger partial charge in [0, 0.05) is 11.8 Å². The molecule has 0 saturated heterocycles. The monoisotopic (exact) mass is 356 g/mol. The number of nitrogens with zero attached hydrogens (tertiary/aromatic N) is 3. The fourth-order valence-electron chi connectivity index (χ4n) is 2.26. The lowest BCUT2D eigenvalue weighted by molar-refractivity contribution is -0.384. The molecular weight excluding hydrogens is 340 g/mol. The number of nitriles is 1. The molecule has 0 radical (unpaired) electrons. The minimum atomic E-state index is -0.533. The van der Waals surface area contributed by atoms with Gasteiger partial charge in [0.05, 0.1) is 16.2 Å². The Morgan fingerprint density at radius 2 is 2.08 bits per heavy atom. The lowest BCUT2D eigenvalue weighted by Crippen LogP contribution is -2.15. The molecule has 128 valence electrons. The third-order valence-corrected chi connectivity index (χ3v) is 4.36. The van der Waals surface area contributed by atoms with Gasteiger partial charge >= 0.3 is 0 Å². The summed E-state index contributed by atoms with van der Waals surface area (Å²) >= 11 is 1.13. The number of thioether (sulfide) groups is 1. The minimum Gasteiger partial charge on any atom is -0.320 e. The number of benzene rings is 1. The number of anilines is 1. The number of nitrogens with one attached hydrogen (secondary N) is 1. The first-order valence-electron chi connectivity index (χ1n) is 7.38. The first-order chi connectivity index (χ1) is 11.8. The van der Waals surface area contributed by atoms with Crippen LogP contribution < -0.4 is 5.32 Å². The van der Waals surface area contributed by atoms with Crippen LogP contribution in [-0.2, 0) is 4.79 Å². The summed E-state index contributed by atoms with van der Waals surface area (Å²) in [6, 6.07) is 8.49. The Bertz CT molecular complexity index is 890. The second-order valence-electron chi connectivity index (χ2n) is 5.49. The predicted octanol–water partition coefficient (Wildman–Crippen LogP) is 3.52. The summed E-state index contributed by atoms with van der Waals surface area (Å²) in [6.07, 6.45) is 0. The lowest BCUT2D eigenvalue weighted by Gasteiger charge is -2.08. The zero-order chi connectivity index (χ0) is 18.6. The van der Waals surface area contributed by atoms with E-state index in [1.807, 2.05) is 13.8 Å². The molecule has 2 aromatic rings. The first kappa shape index (κ1) is 18.4. The molecule has 1 aromatic carbocycles. The van der Waals surface area contributed by atoms with E-state index in [2.05, 4.69) is 16.4 Å². The van der Waals surface area contributed by atoms with Crippen LogP contribution in [0.15, 0.2) is 29.3 Å². The van der Waals surface area contributed by atoms with Crippen molar-refractivity contribution < 1.29 is 9.72 Å². The third-order valence-electron chi connectivity index (χ3n) is 3.39. The summed E-state index contributed by atoms with van der Waals surface area (Å²) < 4.78 is 0. The number of amides is 1. The van der Waals surface area contributed by atoms with Crippen molar-refractivity contribution in [2.24, 2.45) is 0 Å². The Balaban J connectivity index is 2.13. The number of carbonyl (C=O) groups is 1. The number of rotatable bonds is 5. The van der Waals surface area contributed by atoms with E-state index in [4.69, 9.17) is 0 Å². The first-order valence-corrected chi connectivity index (χ1v) is 8.36. The van der Waals surface area contributed by atoms with Crippen molar-refractivity contribution in [1.82, 2.24) is 4.98 Å². The van der Waals surface area contributed by atoms with Crippen molar-refractivity contribution in [3.05, 3.63) is 56.8 Å². The quantitative estimate of drug-likeness (QED) is 0.499. The van der Waals surface area contributed by atoms with Crippen molar-refractivity contribution in [3.63, 3.8) is 0 Å². The van der Waals surface area contributed by atoms with Gasteiger partial charge in [-0.05, 0) is 44.0 Å².